The van der Waals surface area contributed by atoms with E-state index in [0.717, 1.165) is 11.3 Å². The molecular formula is C8H7N5. The molecule has 2 aromatic rings. The van der Waals surface area contributed by atoms with Crippen molar-refractivity contribution in [2.24, 2.45) is 0 Å². The van der Waals surface area contributed by atoms with Crippen molar-refractivity contribution in [1.82, 2.24) is 19.8 Å². The van der Waals surface area contributed by atoms with Crippen molar-refractivity contribution in [3.05, 3.63) is 23.1 Å². The average Bonchev–Trinajstić information content (AvgIpc) is 2.47. The molecule has 0 saturated heterocycles. The van der Waals surface area contributed by atoms with Gasteiger partial charge in [-0.2, -0.15) is 14.9 Å². The van der Waals surface area contributed by atoms with Crippen LogP contribution in [-0.2, 0) is 0 Å². The Morgan fingerprint density at radius 1 is 1.38 bits per heavy atom. The molecule has 0 unspecified atom stereocenters. The van der Waals surface area contributed by atoms with Gasteiger partial charge in [0.1, 0.15) is 6.07 Å². The summed E-state index contributed by atoms with van der Waals surface area (Å²) in [6.07, 6.45) is 0. The first kappa shape index (κ1) is 7.68. The third kappa shape index (κ3) is 1.04. The number of nitriles is 1. The highest BCUT2D eigenvalue weighted by Crippen LogP contribution is 2.08. The summed E-state index contributed by atoms with van der Waals surface area (Å²) in [5, 5.41) is 20.4. The second-order valence-corrected chi connectivity index (χ2v) is 2.84. The monoisotopic (exact) mass is 173 g/mol. The van der Waals surface area contributed by atoms with Gasteiger partial charge in [0, 0.05) is 0 Å². The fourth-order valence-corrected chi connectivity index (χ4v) is 1.25. The lowest BCUT2D eigenvalue weighted by Crippen LogP contribution is -1.98. The van der Waals surface area contributed by atoms with E-state index in [2.05, 4.69) is 15.3 Å². The molecule has 0 aliphatic heterocycles. The Hall–Kier alpha value is -1.96. The number of hydrogen-bond donors (Lipinski definition) is 0. The summed E-state index contributed by atoms with van der Waals surface area (Å²) < 4.78 is 1.46. The van der Waals surface area contributed by atoms with Crippen molar-refractivity contribution < 1.29 is 0 Å². The van der Waals surface area contributed by atoms with Crippen LogP contribution >= 0.6 is 0 Å². The van der Waals surface area contributed by atoms with Crippen LogP contribution in [0.1, 0.15) is 17.1 Å². The molecule has 64 valence electrons. The minimum Gasteiger partial charge on any atom is -0.189 e. The predicted octanol–water partition coefficient (Wildman–Crippen LogP) is 0.613. The van der Waals surface area contributed by atoms with Crippen molar-refractivity contribution in [1.29, 1.82) is 5.26 Å². The molecule has 0 bridgehead atoms. The molecule has 0 saturated carbocycles. The Bertz CT molecular complexity index is 505. The zero-order chi connectivity index (χ0) is 9.42. The standard InChI is InChI=1S/C8H7N5/c1-5-3-6(2)12-13-7(4-9)10-11-8(5)13/h3H,1-2H3. The minimum absolute atomic E-state index is 0.224. The first-order chi connectivity index (χ1) is 6.22. The lowest BCUT2D eigenvalue weighted by Gasteiger charge is -1.97. The second kappa shape index (κ2) is 2.52. The van der Waals surface area contributed by atoms with Crippen LogP contribution in [0.15, 0.2) is 6.07 Å². The summed E-state index contributed by atoms with van der Waals surface area (Å²) in [5.74, 6) is 0.224. The van der Waals surface area contributed by atoms with Gasteiger partial charge < -0.3 is 0 Å². The van der Waals surface area contributed by atoms with Gasteiger partial charge in [0.05, 0.1) is 5.69 Å². The molecule has 0 spiro atoms. The molecule has 0 aromatic carbocycles. The van der Waals surface area contributed by atoms with Gasteiger partial charge in [-0.15, -0.1) is 10.2 Å². The number of hydrogen-bond acceptors (Lipinski definition) is 4. The molecular weight excluding hydrogens is 166 g/mol. The van der Waals surface area contributed by atoms with E-state index < -0.39 is 0 Å². The topological polar surface area (TPSA) is 66.9 Å². The molecule has 0 atom stereocenters. The van der Waals surface area contributed by atoms with Crippen LogP contribution in [0, 0.1) is 25.2 Å². The summed E-state index contributed by atoms with van der Waals surface area (Å²) in [7, 11) is 0. The van der Waals surface area contributed by atoms with E-state index in [1.54, 1.807) is 0 Å². The van der Waals surface area contributed by atoms with Gasteiger partial charge in [0.2, 0.25) is 0 Å². The van der Waals surface area contributed by atoms with E-state index >= 15 is 0 Å². The normalized spacial score (nSPS) is 10.2. The van der Waals surface area contributed by atoms with E-state index in [1.807, 2.05) is 26.0 Å². The maximum absolute atomic E-state index is 8.69. The number of aryl methyl sites for hydroxylation is 2. The summed E-state index contributed by atoms with van der Waals surface area (Å²) in [4.78, 5) is 0. The van der Waals surface area contributed by atoms with Gasteiger partial charge in [0.25, 0.3) is 5.82 Å². The summed E-state index contributed by atoms with van der Waals surface area (Å²) in [5.41, 5.74) is 2.46. The highest BCUT2D eigenvalue weighted by Gasteiger charge is 2.07. The van der Waals surface area contributed by atoms with Crippen LogP contribution < -0.4 is 0 Å². The Kier molecular flexibility index (Phi) is 1.49. The summed E-state index contributed by atoms with van der Waals surface area (Å²) in [6, 6.07) is 3.84. The molecule has 5 heteroatoms. The largest absolute Gasteiger partial charge is 0.256 e. The lowest BCUT2D eigenvalue weighted by molar-refractivity contribution is 0.870. The van der Waals surface area contributed by atoms with Gasteiger partial charge in [-0.05, 0) is 25.5 Å². The molecule has 13 heavy (non-hydrogen) atoms. The van der Waals surface area contributed by atoms with Gasteiger partial charge in [0.15, 0.2) is 5.65 Å². The Labute approximate surface area is 74.6 Å². The van der Waals surface area contributed by atoms with E-state index in [4.69, 9.17) is 5.26 Å². The summed E-state index contributed by atoms with van der Waals surface area (Å²) >= 11 is 0. The summed E-state index contributed by atoms with van der Waals surface area (Å²) in [6.45, 7) is 3.79. The van der Waals surface area contributed by atoms with Crippen LogP contribution in [-0.4, -0.2) is 19.8 Å². The number of aromatic nitrogens is 4. The minimum atomic E-state index is 0.224. The van der Waals surface area contributed by atoms with Gasteiger partial charge in [-0.1, -0.05) is 0 Å². The highest BCUT2D eigenvalue weighted by atomic mass is 15.4. The maximum Gasteiger partial charge on any atom is 0.256 e. The van der Waals surface area contributed by atoms with Crippen molar-refractivity contribution in [2.45, 2.75) is 13.8 Å². The SMILES string of the molecule is Cc1cc(C)c2nnc(C#N)n2n1. The molecule has 5 nitrogen and oxygen atoms in total. The molecule has 0 radical (unpaired) electrons. The smallest absolute Gasteiger partial charge is 0.189 e. The van der Waals surface area contributed by atoms with Crippen LogP contribution in [0.3, 0.4) is 0 Å². The fourth-order valence-electron chi connectivity index (χ4n) is 1.25. The first-order valence-electron chi connectivity index (χ1n) is 3.82. The third-order valence-corrected chi connectivity index (χ3v) is 1.78. The molecule has 2 rings (SSSR count). The maximum atomic E-state index is 8.69. The molecule has 0 amide bonds. The van der Waals surface area contributed by atoms with Crippen molar-refractivity contribution in [3.63, 3.8) is 0 Å². The van der Waals surface area contributed by atoms with Gasteiger partial charge in [-0.25, -0.2) is 0 Å². The highest BCUT2D eigenvalue weighted by molar-refractivity contribution is 5.46. The number of fused-ring (bicyclic) bond motifs is 1. The van der Waals surface area contributed by atoms with Gasteiger partial charge in [-0.3, -0.25) is 0 Å². The van der Waals surface area contributed by atoms with E-state index in [0.29, 0.717) is 5.65 Å². The van der Waals surface area contributed by atoms with Crippen LogP contribution in [0.5, 0.6) is 0 Å². The predicted molar refractivity (Wildman–Crippen MR) is 45.0 cm³/mol. The quantitative estimate of drug-likeness (QED) is 0.585. The second-order valence-electron chi connectivity index (χ2n) is 2.84. The molecule has 0 aliphatic carbocycles. The number of rotatable bonds is 0. The number of nitrogens with zero attached hydrogens (tertiary/aromatic N) is 5. The van der Waals surface area contributed by atoms with E-state index in [9.17, 15) is 0 Å². The molecule has 0 N–H and O–H groups in total. The van der Waals surface area contributed by atoms with Crippen molar-refractivity contribution >= 4 is 5.65 Å². The first-order valence-corrected chi connectivity index (χ1v) is 3.82. The fraction of sp³-hybridized carbons (Fsp3) is 0.250. The third-order valence-electron chi connectivity index (χ3n) is 1.78. The van der Waals surface area contributed by atoms with Crippen molar-refractivity contribution in [3.8, 4) is 6.07 Å². The van der Waals surface area contributed by atoms with E-state index in [-0.39, 0.29) is 5.82 Å². The van der Waals surface area contributed by atoms with Gasteiger partial charge >= 0.3 is 0 Å². The molecule has 2 aromatic heterocycles. The van der Waals surface area contributed by atoms with Crippen molar-refractivity contribution in [2.75, 3.05) is 0 Å². The zero-order valence-electron chi connectivity index (χ0n) is 7.31. The molecule has 2 heterocycles. The van der Waals surface area contributed by atoms with Crippen LogP contribution in [0.2, 0.25) is 0 Å². The van der Waals surface area contributed by atoms with E-state index in [1.165, 1.54) is 4.52 Å². The zero-order valence-corrected chi connectivity index (χ0v) is 7.31. The Morgan fingerprint density at radius 3 is 2.85 bits per heavy atom. The molecule has 0 fully saturated rings. The lowest BCUT2D eigenvalue weighted by atomic mass is 10.3. The Balaban J connectivity index is 2.92. The Morgan fingerprint density at radius 2 is 2.15 bits per heavy atom. The molecule has 0 aliphatic rings. The van der Waals surface area contributed by atoms with Crippen LogP contribution in [0.4, 0.5) is 0 Å². The van der Waals surface area contributed by atoms with Crippen LogP contribution in [0.25, 0.3) is 5.65 Å². The average molecular weight is 173 g/mol.